The van der Waals surface area contributed by atoms with E-state index in [0.29, 0.717) is 36.0 Å². The molecule has 0 aliphatic carbocycles. The fraction of sp³-hybridized carbons (Fsp3) is 0.421. The molecule has 1 saturated heterocycles. The maximum atomic E-state index is 13.1. The predicted octanol–water partition coefficient (Wildman–Crippen LogP) is 3.88. The lowest BCUT2D eigenvalue weighted by Gasteiger charge is -2.27. The van der Waals surface area contributed by atoms with Crippen molar-refractivity contribution < 1.29 is 17.9 Å². The first-order valence-electron chi connectivity index (χ1n) is 9.06. The summed E-state index contributed by atoms with van der Waals surface area (Å²) in [5.74, 6) is 0.0617. The fourth-order valence-corrected chi connectivity index (χ4v) is 5.49. The van der Waals surface area contributed by atoms with Crippen LogP contribution in [0.5, 0.6) is 5.75 Å². The lowest BCUT2D eigenvalue weighted by Crippen LogP contribution is -2.35. The minimum Gasteiger partial charge on any atom is -0.492 e. The number of ether oxygens (including phenoxy) is 1. The Morgan fingerprint density at radius 1 is 1.19 bits per heavy atom. The molecule has 2 aromatic rings. The van der Waals surface area contributed by atoms with E-state index in [9.17, 15) is 13.2 Å². The number of rotatable bonds is 6. The number of thiophene rings is 1. The Morgan fingerprint density at radius 2 is 1.93 bits per heavy atom. The molecule has 2 heterocycles. The normalized spacial score (nSPS) is 15.5. The van der Waals surface area contributed by atoms with Crippen molar-refractivity contribution in [1.29, 1.82) is 0 Å². The summed E-state index contributed by atoms with van der Waals surface area (Å²) in [4.78, 5) is 14.1. The second-order valence-electron chi connectivity index (χ2n) is 6.42. The molecule has 1 aromatic carbocycles. The topological polar surface area (TPSA) is 75.7 Å². The van der Waals surface area contributed by atoms with Crippen LogP contribution in [0.25, 0.3) is 0 Å². The number of amides is 1. The number of carbonyl (C=O) groups is 1. The van der Waals surface area contributed by atoms with Crippen LogP contribution in [-0.2, 0) is 10.0 Å². The van der Waals surface area contributed by atoms with Crippen LogP contribution in [0.3, 0.4) is 0 Å². The minimum atomic E-state index is -3.67. The van der Waals surface area contributed by atoms with Crippen LogP contribution in [0, 0.1) is 6.92 Å². The van der Waals surface area contributed by atoms with E-state index in [4.69, 9.17) is 4.74 Å². The molecule has 0 atom stereocenters. The summed E-state index contributed by atoms with van der Waals surface area (Å²) < 4.78 is 33.3. The Balaban J connectivity index is 1.91. The van der Waals surface area contributed by atoms with E-state index in [1.54, 1.807) is 18.2 Å². The van der Waals surface area contributed by atoms with Crippen LogP contribution in [0.1, 0.15) is 40.7 Å². The van der Waals surface area contributed by atoms with Crippen molar-refractivity contribution in [1.82, 2.24) is 4.31 Å². The predicted molar refractivity (Wildman–Crippen MR) is 107 cm³/mol. The highest BCUT2D eigenvalue weighted by atomic mass is 32.2. The van der Waals surface area contributed by atoms with Gasteiger partial charge in [0.25, 0.3) is 5.91 Å². The van der Waals surface area contributed by atoms with E-state index < -0.39 is 10.0 Å². The average Bonchev–Trinajstić information content (AvgIpc) is 3.10. The molecule has 0 spiro atoms. The van der Waals surface area contributed by atoms with Gasteiger partial charge in [-0.1, -0.05) is 6.42 Å². The fourth-order valence-electron chi connectivity index (χ4n) is 3.06. The Morgan fingerprint density at radius 3 is 2.56 bits per heavy atom. The molecule has 146 valence electrons. The van der Waals surface area contributed by atoms with Gasteiger partial charge in [0.15, 0.2) is 0 Å². The third-order valence-corrected chi connectivity index (χ3v) is 7.32. The quantitative estimate of drug-likeness (QED) is 0.787. The van der Waals surface area contributed by atoms with Crippen LogP contribution in [0.2, 0.25) is 0 Å². The molecule has 1 amide bonds. The number of hydrogen-bond donors (Lipinski definition) is 1. The molecule has 1 N–H and O–H groups in total. The molecule has 0 saturated carbocycles. The zero-order valence-corrected chi connectivity index (χ0v) is 17.2. The van der Waals surface area contributed by atoms with E-state index in [0.717, 1.165) is 24.1 Å². The van der Waals surface area contributed by atoms with Gasteiger partial charge in [-0.3, -0.25) is 4.79 Å². The maximum Gasteiger partial charge on any atom is 0.265 e. The van der Waals surface area contributed by atoms with E-state index in [2.05, 4.69) is 5.32 Å². The maximum absolute atomic E-state index is 13.1. The Labute approximate surface area is 164 Å². The van der Waals surface area contributed by atoms with Gasteiger partial charge in [-0.15, -0.1) is 11.3 Å². The molecule has 0 unspecified atom stereocenters. The molecule has 1 aliphatic heterocycles. The zero-order valence-electron chi connectivity index (χ0n) is 15.5. The summed E-state index contributed by atoms with van der Waals surface area (Å²) in [6.45, 7) is 5.13. The lowest BCUT2D eigenvalue weighted by molar-refractivity contribution is 0.103. The Hall–Kier alpha value is -1.90. The van der Waals surface area contributed by atoms with Crippen LogP contribution in [0.4, 0.5) is 5.69 Å². The smallest absolute Gasteiger partial charge is 0.265 e. The summed E-state index contributed by atoms with van der Waals surface area (Å²) in [6.07, 6.45) is 2.76. The number of anilines is 1. The largest absolute Gasteiger partial charge is 0.492 e. The molecule has 6 nitrogen and oxygen atoms in total. The van der Waals surface area contributed by atoms with E-state index >= 15 is 0 Å². The van der Waals surface area contributed by atoms with Gasteiger partial charge < -0.3 is 10.1 Å². The summed E-state index contributed by atoms with van der Waals surface area (Å²) in [5.41, 5.74) is 0.435. The highest BCUT2D eigenvalue weighted by Crippen LogP contribution is 2.31. The number of benzene rings is 1. The number of piperidine rings is 1. The molecule has 8 heteroatoms. The number of carbonyl (C=O) groups excluding carboxylic acids is 1. The SMILES string of the molecule is CCOc1ccc(NC(=O)c2ccc(C)s2)cc1S(=O)(=O)N1CCCCC1. The summed E-state index contributed by atoms with van der Waals surface area (Å²) in [6, 6.07) is 8.40. The third kappa shape index (κ3) is 4.51. The number of nitrogens with zero attached hydrogens (tertiary/aromatic N) is 1. The molecule has 3 rings (SSSR count). The van der Waals surface area contributed by atoms with Crippen LogP contribution in [-0.4, -0.2) is 38.3 Å². The molecular weight excluding hydrogens is 384 g/mol. The van der Waals surface area contributed by atoms with Crippen molar-refractivity contribution in [2.45, 2.75) is 38.0 Å². The van der Waals surface area contributed by atoms with Gasteiger partial charge >= 0.3 is 0 Å². The van der Waals surface area contributed by atoms with Crippen molar-refractivity contribution in [3.63, 3.8) is 0 Å². The molecular formula is C19H24N2O4S2. The second kappa shape index (κ2) is 8.41. The van der Waals surface area contributed by atoms with Gasteiger partial charge in [-0.2, -0.15) is 4.31 Å². The molecule has 1 fully saturated rings. The summed E-state index contributed by atoms with van der Waals surface area (Å²) in [7, 11) is -3.67. The van der Waals surface area contributed by atoms with E-state index in [1.165, 1.54) is 21.7 Å². The molecule has 0 bridgehead atoms. The van der Waals surface area contributed by atoms with Gasteiger partial charge in [0.2, 0.25) is 10.0 Å². The van der Waals surface area contributed by atoms with E-state index in [1.807, 2.05) is 19.9 Å². The van der Waals surface area contributed by atoms with Crippen LogP contribution in [0.15, 0.2) is 35.2 Å². The first-order valence-corrected chi connectivity index (χ1v) is 11.3. The van der Waals surface area contributed by atoms with Crippen molar-refractivity contribution in [2.75, 3.05) is 25.0 Å². The van der Waals surface area contributed by atoms with Gasteiger partial charge in [-0.05, 0) is 57.0 Å². The van der Waals surface area contributed by atoms with Gasteiger partial charge in [0.05, 0.1) is 11.5 Å². The monoisotopic (exact) mass is 408 g/mol. The molecule has 1 aliphatic rings. The average molecular weight is 409 g/mol. The lowest BCUT2D eigenvalue weighted by atomic mass is 10.2. The summed E-state index contributed by atoms with van der Waals surface area (Å²) >= 11 is 1.40. The van der Waals surface area contributed by atoms with Gasteiger partial charge in [0.1, 0.15) is 10.6 Å². The molecule has 1 aromatic heterocycles. The minimum absolute atomic E-state index is 0.103. The number of hydrogen-bond acceptors (Lipinski definition) is 5. The first kappa shape index (κ1) is 19.9. The van der Waals surface area contributed by atoms with Gasteiger partial charge in [-0.25, -0.2) is 8.42 Å². The van der Waals surface area contributed by atoms with Crippen molar-refractivity contribution in [3.05, 3.63) is 40.1 Å². The Kier molecular flexibility index (Phi) is 6.18. The number of nitrogens with one attached hydrogen (secondary N) is 1. The first-order chi connectivity index (χ1) is 12.9. The number of sulfonamides is 1. The summed E-state index contributed by atoms with van der Waals surface area (Å²) in [5, 5.41) is 2.79. The van der Waals surface area contributed by atoms with E-state index in [-0.39, 0.29) is 10.8 Å². The zero-order chi connectivity index (χ0) is 19.4. The van der Waals surface area contributed by atoms with Crippen LogP contribution >= 0.6 is 11.3 Å². The van der Waals surface area contributed by atoms with Gasteiger partial charge in [0, 0.05) is 23.7 Å². The number of aryl methyl sites for hydroxylation is 1. The van der Waals surface area contributed by atoms with Crippen molar-refractivity contribution >= 4 is 33.0 Å². The highest BCUT2D eigenvalue weighted by Gasteiger charge is 2.29. The standard InChI is InChI=1S/C19H24N2O4S2/c1-3-25-16-9-8-15(20-19(22)17-10-7-14(2)26-17)13-18(16)27(23,24)21-11-5-4-6-12-21/h7-10,13H,3-6,11-12H2,1-2H3,(H,20,22). The Bertz CT molecular complexity index is 916. The second-order valence-corrected chi connectivity index (χ2v) is 9.62. The third-order valence-electron chi connectivity index (χ3n) is 4.40. The van der Waals surface area contributed by atoms with Crippen molar-refractivity contribution in [2.24, 2.45) is 0 Å². The van der Waals surface area contributed by atoms with Crippen molar-refractivity contribution in [3.8, 4) is 5.75 Å². The molecule has 27 heavy (non-hydrogen) atoms. The van der Waals surface area contributed by atoms with Crippen LogP contribution < -0.4 is 10.1 Å². The molecule has 0 radical (unpaired) electrons. The highest BCUT2D eigenvalue weighted by molar-refractivity contribution is 7.89.